The largest absolute Gasteiger partial charge is 0.387 e. The van der Waals surface area contributed by atoms with Crippen LogP contribution in [0.4, 0.5) is 0 Å². The van der Waals surface area contributed by atoms with E-state index in [-0.39, 0.29) is 0 Å². The van der Waals surface area contributed by atoms with E-state index in [1.807, 2.05) is 6.92 Å². The summed E-state index contributed by atoms with van der Waals surface area (Å²) in [5.41, 5.74) is 2.28. The number of hydrogen-bond donors (Lipinski definition) is 1. The molecule has 1 heterocycles. The van der Waals surface area contributed by atoms with Crippen LogP contribution in [0.1, 0.15) is 20.8 Å². The molecular weight excluding hydrogens is 186 g/mol. The number of β-amino-alcohol motifs (C(OH)–C–C–N with tert-alkyl or cyclic N) is 1. The molecule has 0 aromatic rings. The molecule has 0 aromatic heterocycles. The summed E-state index contributed by atoms with van der Waals surface area (Å²) in [4.78, 5) is 2.20. The molecule has 13 heavy (non-hydrogen) atoms. The number of aliphatic hydroxyl groups is 1. The standard InChI is InChI=1S/C10H18ClNO/c1-8(2)10(13)6-12(7-10)5-9(3)4-11/h4,8,13H,5-7H2,1-3H3. The summed E-state index contributed by atoms with van der Waals surface area (Å²) in [7, 11) is 0. The zero-order valence-corrected chi connectivity index (χ0v) is 9.30. The minimum atomic E-state index is -0.466. The van der Waals surface area contributed by atoms with E-state index in [2.05, 4.69) is 18.7 Å². The second kappa shape index (κ2) is 3.99. The Labute approximate surface area is 85.2 Å². The van der Waals surface area contributed by atoms with Gasteiger partial charge in [0, 0.05) is 25.2 Å². The van der Waals surface area contributed by atoms with Gasteiger partial charge >= 0.3 is 0 Å². The molecule has 0 aliphatic carbocycles. The average Bonchev–Trinajstić information content (AvgIpc) is 2.00. The molecule has 1 rings (SSSR count). The maximum Gasteiger partial charge on any atom is 0.0923 e. The first-order valence-corrected chi connectivity index (χ1v) is 5.12. The molecule has 1 fully saturated rings. The molecule has 0 unspecified atom stereocenters. The van der Waals surface area contributed by atoms with Crippen LogP contribution < -0.4 is 0 Å². The maximum absolute atomic E-state index is 9.95. The second-order valence-corrected chi connectivity index (χ2v) is 4.58. The number of rotatable bonds is 3. The first kappa shape index (κ1) is 11.0. The van der Waals surface area contributed by atoms with Gasteiger partial charge in [0.2, 0.25) is 0 Å². The number of hydrogen-bond acceptors (Lipinski definition) is 2. The van der Waals surface area contributed by atoms with E-state index in [9.17, 15) is 5.11 Å². The Balaban J connectivity index is 2.33. The Morgan fingerprint density at radius 3 is 2.54 bits per heavy atom. The highest BCUT2D eigenvalue weighted by atomic mass is 35.5. The van der Waals surface area contributed by atoms with Crippen molar-refractivity contribution in [1.29, 1.82) is 0 Å². The maximum atomic E-state index is 9.95. The third kappa shape index (κ3) is 2.46. The Hall–Kier alpha value is -0.0500. The summed E-state index contributed by atoms with van der Waals surface area (Å²) < 4.78 is 0. The monoisotopic (exact) mass is 203 g/mol. The van der Waals surface area contributed by atoms with E-state index in [1.165, 1.54) is 0 Å². The van der Waals surface area contributed by atoms with E-state index in [4.69, 9.17) is 11.6 Å². The lowest BCUT2D eigenvalue weighted by Gasteiger charge is -2.49. The fraction of sp³-hybridized carbons (Fsp3) is 0.800. The predicted octanol–water partition coefficient (Wildman–Crippen LogP) is 1.83. The summed E-state index contributed by atoms with van der Waals surface area (Å²) in [5.74, 6) is 0.337. The summed E-state index contributed by atoms with van der Waals surface area (Å²) in [6.07, 6.45) is 0. The van der Waals surface area contributed by atoms with Crippen LogP contribution >= 0.6 is 11.6 Å². The Bertz CT molecular complexity index is 207. The van der Waals surface area contributed by atoms with Gasteiger partial charge in [-0.2, -0.15) is 0 Å². The van der Waals surface area contributed by atoms with Crippen molar-refractivity contribution in [1.82, 2.24) is 4.90 Å². The highest BCUT2D eigenvalue weighted by molar-refractivity contribution is 6.25. The van der Waals surface area contributed by atoms with Gasteiger partial charge in [-0.25, -0.2) is 0 Å². The third-order valence-corrected chi connectivity index (χ3v) is 3.10. The van der Waals surface area contributed by atoms with Gasteiger partial charge in [-0.3, -0.25) is 4.90 Å². The van der Waals surface area contributed by atoms with Crippen molar-refractivity contribution in [2.24, 2.45) is 5.92 Å². The molecule has 0 bridgehead atoms. The molecule has 0 radical (unpaired) electrons. The van der Waals surface area contributed by atoms with Crippen LogP contribution in [0.3, 0.4) is 0 Å². The molecule has 1 saturated heterocycles. The van der Waals surface area contributed by atoms with Gasteiger partial charge in [0.15, 0.2) is 0 Å². The topological polar surface area (TPSA) is 23.5 Å². The van der Waals surface area contributed by atoms with Gasteiger partial charge < -0.3 is 5.11 Å². The van der Waals surface area contributed by atoms with E-state index in [0.29, 0.717) is 5.92 Å². The normalized spacial score (nSPS) is 23.4. The summed E-state index contributed by atoms with van der Waals surface area (Å²) in [6.45, 7) is 8.53. The predicted molar refractivity (Wildman–Crippen MR) is 55.8 cm³/mol. The van der Waals surface area contributed by atoms with E-state index in [1.54, 1.807) is 5.54 Å². The smallest absolute Gasteiger partial charge is 0.0923 e. The van der Waals surface area contributed by atoms with Gasteiger partial charge in [-0.05, 0) is 18.4 Å². The van der Waals surface area contributed by atoms with Crippen molar-refractivity contribution >= 4 is 11.6 Å². The van der Waals surface area contributed by atoms with Crippen molar-refractivity contribution < 1.29 is 5.11 Å². The van der Waals surface area contributed by atoms with Gasteiger partial charge in [0.1, 0.15) is 0 Å². The molecule has 3 heteroatoms. The van der Waals surface area contributed by atoms with Crippen molar-refractivity contribution in [3.05, 3.63) is 11.1 Å². The van der Waals surface area contributed by atoms with Crippen LogP contribution in [0, 0.1) is 5.92 Å². The minimum absolute atomic E-state index is 0.337. The van der Waals surface area contributed by atoms with Gasteiger partial charge in [-0.15, -0.1) is 0 Å². The van der Waals surface area contributed by atoms with Crippen LogP contribution in [0.15, 0.2) is 11.1 Å². The lowest BCUT2D eigenvalue weighted by molar-refractivity contribution is -0.123. The Morgan fingerprint density at radius 1 is 1.62 bits per heavy atom. The second-order valence-electron chi connectivity index (χ2n) is 4.36. The van der Waals surface area contributed by atoms with Crippen molar-refractivity contribution in [3.63, 3.8) is 0 Å². The average molecular weight is 204 g/mol. The van der Waals surface area contributed by atoms with Crippen LogP contribution in [-0.4, -0.2) is 35.2 Å². The molecule has 76 valence electrons. The molecule has 1 aliphatic rings. The molecular formula is C10H18ClNO. The summed E-state index contributed by atoms with van der Waals surface area (Å²) >= 11 is 5.56. The molecule has 2 nitrogen and oxygen atoms in total. The Kier molecular flexibility index (Phi) is 3.38. The Morgan fingerprint density at radius 2 is 2.15 bits per heavy atom. The van der Waals surface area contributed by atoms with Crippen molar-refractivity contribution in [3.8, 4) is 0 Å². The highest BCUT2D eigenvalue weighted by Crippen LogP contribution is 2.28. The number of halogens is 1. The zero-order valence-electron chi connectivity index (χ0n) is 8.55. The van der Waals surface area contributed by atoms with Crippen LogP contribution in [-0.2, 0) is 0 Å². The van der Waals surface area contributed by atoms with Crippen molar-refractivity contribution in [2.75, 3.05) is 19.6 Å². The number of nitrogens with zero attached hydrogens (tertiary/aromatic N) is 1. The minimum Gasteiger partial charge on any atom is -0.387 e. The molecule has 0 aromatic carbocycles. The molecule has 0 saturated carbocycles. The van der Waals surface area contributed by atoms with Gasteiger partial charge in [0.05, 0.1) is 5.60 Å². The summed E-state index contributed by atoms with van der Waals surface area (Å²) in [6, 6.07) is 0. The van der Waals surface area contributed by atoms with E-state index >= 15 is 0 Å². The molecule has 1 N–H and O–H groups in total. The SMILES string of the molecule is CC(=CCl)CN1CC(O)(C(C)C)C1. The lowest BCUT2D eigenvalue weighted by Crippen LogP contribution is -2.64. The first-order valence-electron chi connectivity index (χ1n) is 4.68. The molecule has 1 aliphatic heterocycles. The summed E-state index contributed by atoms with van der Waals surface area (Å²) in [5, 5.41) is 9.95. The molecule has 0 spiro atoms. The quantitative estimate of drug-likeness (QED) is 0.757. The van der Waals surface area contributed by atoms with Gasteiger partial charge in [-0.1, -0.05) is 25.4 Å². The van der Waals surface area contributed by atoms with Crippen LogP contribution in [0.5, 0.6) is 0 Å². The van der Waals surface area contributed by atoms with E-state index < -0.39 is 5.60 Å². The molecule has 0 atom stereocenters. The fourth-order valence-corrected chi connectivity index (χ4v) is 1.66. The van der Waals surface area contributed by atoms with Crippen LogP contribution in [0.25, 0.3) is 0 Å². The highest BCUT2D eigenvalue weighted by Gasteiger charge is 2.43. The first-order chi connectivity index (χ1) is 5.98. The molecule has 0 amide bonds. The van der Waals surface area contributed by atoms with E-state index in [0.717, 1.165) is 25.2 Å². The van der Waals surface area contributed by atoms with Crippen LogP contribution in [0.2, 0.25) is 0 Å². The number of likely N-dealkylation sites (tertiary alicyclic amines) is 1. The fourth-order valence-electron chi connectivity index (χ4n) is 1.59. The van der Waals surface area contributed by atoms with Crippen molar-refractivity contribution in [2.45, 2.75) is 26.4 Å². The third-order valence-electron chi connectivity index (χ3n) is 2.73. The lowest BCUT2D eigenvalue weighted by atomic mass is 9.83. The van der Waals surface area contributed by atoms with Gasteiger partial charge in [0.25, 0.3) is 0 Å². The zero-order chi connectivity index (χ0) is 10.1.